The predicted octanol–water partition coefficient (Wildman–Crippen LogP) is 1.53. The molecule has 1 N–H and O–H groups in total. The molecule has 5 nitrogen and oxygen atoms in total. The summed E-state index contributed by atoms with van der Waals surface area (Å²) in [5.41, 5.74) is 0. The molecule has 9 heteroatoms. The second-order valence-corrected chi connectivity index (χ2v) is 4.44. The Hall–Kier alpha value is -1.22. The van der Waals surface area contributed by atoms with E-state index < -0.39 is 11.2 Å². The Morgan fingerprint density at radius 2 is 2.24 bits per heavy atom. The summed E-state index contributed by atoms with van der Waals surface area (Å²) in [4.78, 5) is 11.5. The van der Waals surface area contributed by atoms with Gasteiger partial charge in [-0.2, -0.15) is 13.2 Å². The van der Waals surface area contributed by atoms with E-state index in [9.17, 15) is 18.0 Å². The molecule has 1 saturated heterocycles. The fourth-order valence-corrected chi connectivity index (χ4v) is 1.95. The van der Waals surface area contributed by atoms with Gasteiger partial charge in [-0.15, -0.1) is 10.2 Å². The number of carbonyl (C=O) groups excluding carboxylic acids is 1. The van der Waals surface area contributed by atoms with Crippen LogP contribution in [0.3, 0.4) is 0 Å². The highest BCUT2D eigenvalue weighted by molar-refractivity contribution is 7.15. The highest BCUT2D eigenvalue weighted by atomic mass is 32.1. The van der Waals surface area contributed by atoms with Crippen LogP contribution in [0.4, 0.5) is 18.3 Å². The zero-order valence-corrected chi connectivity index (χ0v) is 9.27. The second kappa shape index (κ2) is 4.57. The number of carbonyl (C=O) groups is 1. The van der Waals surface area contributed by atoms with Gasteiger partial charge in [-0.3, -0.25) is 4.79 Å². The molecule has 1 fully saturated rings. The van der Waals surface area contributed by atoms with Crippen LogP contribution in [0.1, 0.15) is 11.4 Å². The van der Waals surface area contributed by atoms with Gasteiger partial charge in [0.25, 0.3) is 0 Å². The van der Waals surface area contributed by atoms with Crippen molar-refractivity contribution in [1.29, 1.82) is 0 Å². The third-order valence-electron chi connectivity index (χ3n) is 2.20. The number of ether oxygens (including phenoxy) is 1. The lowest BCUT2D eigenvalue weighted by Gasteiger charge is -2.05. The van der Waals surface area contributed by atoms with E-state index in [1.165, 1.54) is 0 Å². The van der Waals surface area contributed by atoms with Crippen LogP contribution in [0.25, 0.3) is 0 Å². The van der Waals surface area contributed by atoms with Gasteiger partial charge in [0.05, 0.1) is 12.5 Å². The molecule has 1 aliphatic heterocycles. The van der Waals surface area contributed by atoms with Gasteiger partial charge in [0.15, 0.2) is 0 Å². The molecule has 2 heterocycles. The monoisotopic (exact) mass is 267 g/mol. The molecule has 17 heavy (non-hydrogen) atoms. The molecule has 2 rings (SSSR count). The first-order valence-corrected chi connectivity index (χ1v) is 5.58. The van der Waals surface area contributed by atoms with Crippen molar-refractivity contribution in [2.24, 2.45) is 5.92 Å². The summed E-state index contributed by atoms with van der Waals surface area (Å²) in [6.45, 7) is 0.777. The SMILES string of the molecule is O=C(Nc1nnc(C(F)(F)F)s1)C1CCOC1. The average Bonchev–Trinajstić information content (AvgIpc) is 2.85. The summed E-state index contributed by atoms with van der Waals surface area (Å²) in [5, 5.41) is 7.32. The Morgan fingerprint density at radius 3 is 2.76 bits per heavy atom. The Balaban J connectivity index is 1.99. The lowest BCUT2D eigenvalue weighted by Crippen LogP contribution is -2.22. The summed E-state index contributed by atoms with van der Waals surface area (Å²) in [5.74, 6) is -0.708. The number of alkyl halides is 3. The number of anilines is 1. The molecular weight excluding hydrogens is 259 g/mol. The van der Waals surface area contributed by atoms with Crippen LogP contribution < -0.4 is 5.32 Å². The maximum Gasteiger partial charge on any atom is 0.445 e. The van der Waals surface area contributed by atoms with Crippen LogP contribution >= 0.6 is 11.3 Å². The molecule has 0 spiro atoms. The van der Waals surface area contributed by atoms with E-state index in [2.05, 4.69) is 15.5 Å². The molecule has 0 radical (unpaired) electrons. The van der Waals surface area contributed by atoms with E-state index in [1.807, 2.05) is 0 Å². The topological polar surface area (TPSA) is 64.1 Å². The number of amides is 1. The number of nitrogens with one attached hydrogen (secondary N) is 1. The molecule has 0 aliphatic carbocycles. The van der Waals surface area contributed by atoms with Crippen LogP contribution in [0, 0.1) is 5.92 Å². The van der Waals surface area contributed by atoms with Gasteiger partial charge in [0.2, 0.25) is 16.0 Å². The van der Waals surface area contributed by atoms with Crippen molar-refractivity contribution >= 4 is 22.4 Å². The normalized spacial score (nSPS) is 20.5. The summed E-state index contributed by atoms with van der Waals surface area (Å²) < 4.78 is 41.6. The molecule has 94 valence electrons. The predicted molar refractivity (Wildman–Crippen MR) is 52.5 cm³/mol. The minimum atomic E-state index is -4.53. The number of hydrogen-bond acceptors (Lipinski definition) is 5. The smallest absolute Gasteiger partial charge is 0.381 e. The van der Waals surface area contributed by atoms with Crippen molar-refractivity contribution in [2.45, 2.75) is 12.6 Å². The molecule has 1 aromatic rings. The van der Waals surface area contributed by atoms with Crippen LogP contribution in [-0.4, -0.2) is 29.3 Å². The molecule has 0 bridgehead atoms. The third kappa shape index (κ3) is 2.91. The Kier molecular flexibility index (Phi) is 3.29. The fraction of sp³-hybridized carbons (Fsp3) is 0.625. The Bertz CT molecular complexity index is 414. The number of hydrogen-bond donors (Lipinski definition) is 1. The number of nitrogens with zero attached hydrogens (tertiary/aromatic N) is 2. The highest BCUT2D eigenvalue weighted by Crippen LogP contribution is 2.33. The van der Waals surface area contributed by atoms with Crippen LogP contribution in [-0.2, 0) is 15.7 Å². The van der Waals surface area contributed by atoms with Gasteiger partial charge in [-0.05, 0) is 6.42 Å². The maximum absolute atomic E-state index is 12.2. The Morgan fingerprint density at radius 1 is 1.47 bits per heavy atom. The van der Waals surface area contributed by atoms with E-state index in [0.717, 1.165) is 0 Å². The van der Waals surface area contributed by atoms with E-state index in [4.69, 9.17) is 4.74 Å². The molecule has 0 aromatic carbocycles. The molecule has 1 aliphatic rings. The largest absolute Gasteiger partial charge is 0.445 e. The lowest BCUT2D eigenvalue weighted by atomic mass is 10.1. The molecule has 0 saturated carbocycles. The van der Waals surface area contributed by atoms with Crippen LogP contribution in [0.2, 0.25) is 0 Å². The number of halogens is 3. The summed E-state index contributed by atoms with van der Waals surface area (Å²) in [7, 11) is 0. The van der Waals surface area contributed by atoms with Crippen molar-refractivity contribution in [3.8, 4) is 0 Å². The van der Waals surface area contributed by atoms with E-state index in [1.54, 1.807) is 0 Å². The van der Waals surface area contributed by atoms with Gasteiger partial charge in [-0.25, -0.2) is 0 Å². The summed E-state index contributed by atoms with van der Waals surface area (Å²) >= 11 is 0.307. The summed E-state index contributed by atoms with van der Waals surface area (Å²) in [6.07, 6.45) is -3.96. The molecule has 1 atom stereocenters. The number of aromatic nitrogens is 2. The van der Waals surface area contributed by atoms with Gasteiger partial charge >= 0.3 is 6.18 Å². The average molecular weight is 267 g/mol. The molecule has 1 amide bonds. The van der Waals surface area contributed by atoms with Crippen molar-refractivity contribution in [3.63, 3.8) is 0 Å². The standard InChI is InChI=1S/C8H8F3N3O2S/c9-8(10,11)6-13-14-7(17-6)12-5(15)4-1-2-16-3-4/h4H,1-3H2,(H,12,14,15). The molecule has 1 aromatic heterocycles. The van der Waals surface area contributed by atoms with Crippen molar-refractivity contribution in [2.75, 3.05) is 18.5 Å². The number of rotatable bonds is 2. The van der Waals surface area contributed by atoms with Gasteiger partial charge in [0, 0.05) is 6.61 Å². The van der Waals surface area contributed by atoms with Gasteiger partial charge < -0.3 is 10.1 Å². The van der Waals surface area contributed by atoms with E-state index in [-0.39, 0.29) is 23.6 Å². The lowest BCUT2D eigenvalue weighted by molar-refractivity contribution is -0.138. The van der Waals surface area contributed by atoms with E-state index in [0.29, 0.717) is 24.4 Å². The minimum absolute atomic E-state index is 0.144. The maximum atomic E-state index is 12.2. The first-order valence-electron chi connectivity index (χ1n) is 4.76. The first-order chi connectivity index (χ1) is 7.97. The summed E-state index contributed by atoms with van der Waals surface area (Å²) in [6, 6.07) is 0. The van der Waals surface area contributed by atoms with Crippen LogP contribution in [0.5, 0.6) is 0 Å². The second-order valence-electron chi connectivity index (χ2n) is 3.46. The zero-order chi connectivity index (χ0) is 12.5. The fourth-order valence-electron chi connectivity index (χ4n) is 1.34. The molecule has 1 unspecified atom stereocenters. The van der Waals surface area contributed by atoms with Crippen molar-refractivity contribution < 1.29 is 22.7 Å². The van der Waals surface area contributed by atoms with Crippen molar-refractivity contribution in [1.82, 2.24) is 10.2 Å². The minimum Gasteiger partial charge on any atom is -0.381 e. The third-order valence-corrected chi connectivity index (χ3v) is 3.08. The van der Waals surface area contributed by atoms with Gasteiger partial charge in [-0.1, -0.05) is 11.3 Å². The quantitative estimate of drug-likeness (QED) is 0.882. The molecular formula is C8H8F3N3O2S. The van der Waals surface area contributed by atoms with Crippen LogP contribution in [0.15, 0.2) is 0 Å². The zero-order valence-electron chi connectivity index (χ0n) is 8.45. The van der Waals surface area contributed by atoms with E-state index >= 15 is 0 Å². The Labute approximate surface area is 98.0 Å². The highest BCUT2D eigenvalue weighted by Gasteiger charge is 2.36. The van der Waals surface area contributed by atoms with Crippen molar-refractivity contribution in [3.05, 3.63) is 5.01 Å². The first kappa shape index (κ1) is 12.2. The van der Waals surface area contributed by atoms with Gasteiger partial charge in [0.1, 0.15) is 0 Å².